The molecule has 0 spiro atoms. The first-order chi connectivity index (χ1) is 4.39. The van der Waals surface area contributed by atoms with Crippen LogP contribution in [-0.4, -0.2) is 12.9 Å². The number of hydrogen-bond acceptors (Lipinski definition) is 0. The molecule has 0 saturated carbocycles. The molecule has 10 heavy (non-hydrogen) atoms. The molecule has 0 radical (unpaired) electrons. The Balaban J connectivity index is 4.47. The van der Waals surface area contributed by atoms with Crippen LogP contribution in [0.1, 0.15) is 6.92 Å². The van der Waals surface area contributed by atoms with Gasteiger partial charge < -0.3 is 0 Å². The van der Waals surface area contributed by atoms with E-state index in [1.165, 1.54) is 0 Å². The van der Waals surface area contributed by atoms with E-state index in [0.29, 0.717) is 0 Å². The highest BCUT2D eigenvalue weighted by Gasteiger charge is 2.36. The average Bonchev–Trinajstić information content (AvgIpc) is 1.83. The van der Waals surface area contributed by atoms with Crippen molar-refractivity contribution in [3.8, 4) is 0 Å². The van der Waals surface area contributed by atoms with Crippen LogP contribution < -0.4 is 0 Å². The Bertz CT molecular complexity index is 143. The first-order valence-corrected chi connectivity index (χ1v) is 2.38. The zero-order valence-electron chi connectivity index (χ0n) is 5.10. The normalized spacial score (nSPS) is 15.0. The Morgan fingerprint density at radius 1 is 1.30 bits per heavy atom. The van der Waals surface area contributed by atoms with E-state index in [4.69, 9.17) is 0 Å². The predicted octanol–water partition coefficient (Wildman–Crippen LogP) is 2.76. The van der Waals surface area contributed by atoms with Crippen LogP contribution in [0.2, 0.25) is 0 Å². The largest absolute Gasteiger partial charge is 0.442 e. The number of halogens is 5. The third-order valence-corrected chi connectivity index (χ3v) is 0.824. The fourth-order valence-corrected chi connectivity index (χ4v) is 0.301. The van der Waals surface area contributed by atoms with Crippen molar-refractivity contribution in [2.24, 2.45) is 0 Å². The average molecular weight is 160 g/mol. The fraction of sp³-hybridized carbons (Fsp3) is 0.600. The van der Waals surface area contributed by atoms with Crippen LogP contribution in [0.25, 0.3) is 0 Å². The standard InChI is InChI=1S/C5H5F5/c1-3(2-6)4(7)5(8,9)10/h2H2,1H3/b4-3-. The quantitative estimate of drug-likeness (QED) is 0.517. The second-order valence-corrected chi connectivity index (χ2v) is 1.73. The second-order valence-electron chi connectivity index (χ2n) is 1.73. The van der Waals surface area contributed by atoms with Crippen molar-refractivity contribution in [2.75, 3.05) is 6.67 Å². The Morgan fingerprint density at radius 3 is 1.80 bits per heavy atom. The summed E-state index contributed by atoms with van der Waals surface area (Å²) in [5.41, 5.74) is -0.924. The monoisotopic (exact) mass is 160 g/mol. The van der Waals surface area contributed by atoms with Gasteiger partial charge in [0.2, 0.25) is 5.83 Å². The minimum atomic E-state index is -5.05. The Labute approximate surface area is 54.3 Å². The molecule has 0 aliphatic carbocycles. The lowest BCUT2D eigenvalue weighted by Gasteiger charge is -2.03. The van der Waals surface area contributed by atoms with Gasteiger partial charge in [-0.2, -0.15) is 13.2 Å². The van der Waals surface area contributed by atoms with Gasteiger partial charge in [0.15, 0.2) is 0 Å². The summed E-state index contributed by atoms with van der Waals surface area (Å²) in [5, 5.41) is 0. The summed E-state index contributed by atoms with van der Waals surface area (Å²) < 4.78 is 57.0. The lowest BCUT2D eigenvalue weighted by Crippen LogP contribution is -2.10. The maximum absolute atomic E-state index is 11.8. The molecule has 0 saturated heterocycles. The molecule has 0 unspecified atom stereocenters. The Kier molecular flexibility index (Phi) is 2.80. The van der Waals surface area contributed by atoms with Crippen molar-refractivity contribution in [2.45, 2.75) is 13.1 Å². The van der Waals surface area contributed by atoms with E-state index in [2.05, 4.69) is 0 Å². The molecule has 0 aromatic rings. The van der Waals surface area contributed by atoms with E-state index in [9.17, 15) is 22.0 Å². The van der Waals surface area contributed by atoms with Gasteiger partial charge in [-0.1, -0.05) is 0 Å². The zero-order valence-corrected chi connectivity index (χ0v) is 5.10. The third-order valence-electron chi connectivity index (χ3n) is 0.824. The van der Waals surface area contributed by atoms with Gasteiger partial charge in [0, 0.05) is 0 Å². The molecule has 0 aromatic heterocycles. The van der Waals surface area contributed by atoms with Crippen molar-refractivity contribution in [1.82, 2.24) is 0 Å². The van der Waals surface area contributed by atoms with Crippen LogP contribution in [0.4, 0.5) is 22.0 Å². The molecule has 0 atom stereocenters. The molecule has 0 bridgehead atoms. The first kappa shape index (κ1) is 9.39. The van der Waals surface area contributed by atoms with Gasteiger partial charge >= 0.3 is 6.18 Å². The molecular weight excluding hydrogens is 155 g/mol. The van der Waals surface area contributed by atoms with E-state index < -0.39 is 24.3 Å². The molecule has 0 aliphatic heterocycles. The minimum Gasteiger partial charge on any atom is -0.246 e. The highest BCUT2D eigenvalue weighted by molar-refractivity contribution is 5.09. The molecular formula is C5H5F5. The lowest BCUT2D eigenvalue weighted by molar-refractivity contribution is -0.110. The predicted molar refractivity (Wildman–Crippen MR) is 25.8 cm³/mol. The summed E-state index contributed by atoms with van der Waals surface area (Å²) in [5.74, 6) is -2.34. The lowest BCUT2D eigenvalue weighted by atomic mass is 10.3. The van der Waals surface area contributed by atoms with E-state index in [0.717, 1.165) is 6.92 Å². The SMILES string of the molecule is C/C(CF)=C(/F)C(F)(F)F. The van der Waals surface area contributed by atoms with Crippen molar-refractivity contribution in [1.29, 1.82) is 0 Å². The van der Waals surface area contributed by atoms with E-state index in [1.807, 2.05) is 0 Å². The van der Waals surface area contributed by atoms with Gasteiger partial charge in [-0.05, 0) is 12.5 Å². The van der Waals surface area contributed by atoms with Crippen molar-refractivity contribution in [3.05, 3.63) is 11.4 Å². The Morgan fingerprint density at radius 2 is 1.70 bits per heavy atom. The second kappa shape index (κ2) is 2.98. The smallest absolute Gasteiger partial charge is 0.246 e. The van der Waals surface area contributed by atoms with Crippen molar-refractivity contribution < 1.29 is 22.0 Å². The van der Waals surface area contributed by atoms with E-state index in [-0.39, 0.29) is 0 Å². The molecule has 0 rings (SSSR count). The van der Waals surface area contributed by atoms with E-state index in [1.54, 1.807) is 0 Å². The topological polar surface area (TPSA) is 0 Å². The maximum Gasteiger partial charge on any atom is 0.442 e. The highest BCUT2D eigenvalue weighted by atomic mass is 19.4. The molecule has 0 heterocycles. The molecule has 0 aliphatic rings. The van der Waals surface area contributed by atoms with Crippen molar-refractivity contribution in [3.63, 3.8) is 0 Å². The number of hydrogen-bond donors (Lipinski definition) is 0. The first-order valence-electron chi connectivity index (χ1n) is 2.38. The van der Waals surface area contributed by atoms with E-state index >= 15 is 0 Å². The molecule has 60 valence electrons. The molecule has 0 aromatic carbocycles. The molecule has 0 amide bonds. The van der Waals surface area contributed by atoms with Crippen LogP contribution in [0.5, 0.6) is 0 Å². The molecule has 0 nitrogen and oxygen atoms in total. The van der Waals surface area contributed by atoms with Gasteiger partial charge in [0.1, 0.15) is 6.67 Å². The van der Waals surface area contributed by atoms with Gasteiger partial charge in [-0.15, -0.1) is 0 Å². The summed E-state index contributed by atoms with van der Waals surface area (Å²) in [6.45, 7) is -0.659. The van der Waals surface area contributed by atoms with Crippen LogP contribution in [0, 0.1) is 0 Å². The zero-order chi connectivity index (χ0) is 8.36. The molecule has 0 N–H and O–H groups in total. The number of alkyl halides is 4. The number of rotatable bonds is 1. The summed E-state index contributed by atoms with van der Waals surface area (Å²) in [4.78, 5) is 0. The summed E-state index contributed by atoms with van der Waals surface area (Å²) in [6.07, 6.45) is -5.05. The van der Waals surface area contributed by atoms with Gasteiger partial charge in [0.05, 0.1) is 0 Å². The highest BCUT2D eigenvalue weighted by Crippen LogP contribution is 2.28. The Hall–Kier alpha value is -0.610. The summed E-state index contributed by atoms with van der Waals surface area (Å²) in [6, 6.07) is 0. The van der Waals surface area contributed by atoms with Crippen LogP contribution in [-0.2, 0) is 0 Å². The number of allylic oxidation sites excluding steroid dienone is 2. The van der Waals surface area contributed by atoms with Crippen LogP contribution in [0.3, 0.4) is 0 Å². The summed E-state index contributed by atoms with van der Waals surface area (Å²) >= 11 is 0. The summed E-state index contributed by atoms with van der Waals surface area (Å²) in [7, 11) is 0. The maximum atomic E-state index is 11.8. The molecule has 0 fully saturated rings. The van der Waals surface area contributed by atoms with Gasteiger partial charge in [-0.3, -0.25) is 0 Å². The minimum absolute atomic E-state index is 0.753. The van der Waals surface area contributed by atoms with Gasteiger partial charge in [-0.25, -0.2) is 8.78 Å². The van der Waals surface area contributed by atoms with Crippen molar-refractivity contribution >= 4 is 0 Å². The van der Waals surface area contributed by atoms with Crippen LogP contribution in [0.15, 0.2) is 11.4 Å². The van der Waals surface area contributed by atoms with Crippen LogP contribution >= 0.6 is 0 Å². The molecule has 5 heteroatoms. The van der Waals surface area contributed by atoms with Gasteiger partial charge in [0.25, 0.3) is 0 Å². The fourth-order valence-electron chi connectivity index (χ4n) is 0.301. The third kappa shape index (κ3) is 2.33.